The van der Waals surface area contributed by atoms with Crippen LogP contribution in [0.3, 0.4) is 0 Å². The number of hydrogen-bond donors (Lipinski definition) is 0. The van der Waals surface area contributed by atoms with E-state index in [1.165, 1.54) is 116 Å². The van der Waals surface area contributed by atoms with E-state index in [1.54, 1.807) is 0 Å². The van der Waals surface area contributed by atoms with Crippen molar-refractivity contribution in [3.8, 4) is 0 Å². The molecule has 0 spiro atoms. The third-order valence-corrected chi connectivity index (χ3v) is 23.2. The molecule has 0 saturated carbocycles. The lowest BCUT2D eigenvalue weighted by Crippen LogP contribution is -2.47. The predicted molar refractivity (Wildman–Crippen MR) is 252 cm³/mol. The lowest BCUT2D eigenvalue weighted by Gasteiger charge is -2.31. The first-order valence-corrected chi connectivity index (χ1v) is 29.7. The van der Waals surface area contributed by atoms with Gasteiger partial charge in [0.05, 0.1) is 0 Å². The summed E-state index contributed by atoms with van der Waals surface area (Å²) in [5, 5.41) is 0. The van der Waals surface area contributed by atoms with Crippen LogP contribution in [-0.2, 0) is 0 Å². The van der Waals surface area contributed by atoms with Gasteiger partial charge in [-0.1, -0.05) is 120 Å². The molecule has 10 nitrogen and oxygen atoms in total. The molecule has 3 aliphatic heterocycles. The molecule has 55 heavy (non-hydrogen) atoms. The number of unbranched alkanes of at least 4 members (excludes halogenated alkanes) is 9. The molecule has 0 unspecified atom stereocenters. The average molecular weight is 819 g/mol. The van der Waals surface area contributed by atoms with E-state index in [2.05, 4.69) is 62.3 Å². The van der Waals surface area contributed by atoms with Crippen LogP contribution in [-0.4, -0.2) is 96.1 Å². The highest BCUT2D eigenvalue weighted by molar-refractivity contribution is 7.67. The molecule has 3 heterocycles. The van der Waals surface area contributed by atoms with E-state index in [-0.39, 0.29) is 0 Å². The zero-order valence-electron chi connectivity index (χ0n) is 36.9. The second-order valence-corrected chi connectivity index (χ2v) is 27.3. The van der Waals surface area contributed by atoms with E-state index in [4.69, 9.17) is 44.2 Å². The number of hydrogen-bond acceptors (Lipinski definition) is 10. The van der Waals surface area contributed by atoms with Gasteiger partial charge < -0.3 is 0 Å². The van der Waals surface area contributed by atoms with Crippen LogP contribution in [0.4, 0.5) is 0 Å². The molecule has 0 aromatic rings. The van der Waals surface area contributed by atoms with Gasteiger partial charge in [-0.05, 0) is 134 Å². The molecule has 0 saturated heterocycles. The molecule has 0 atom stereocenters. The fourth-order valence-electron chi connectivity index (χ4n) is 7.49. The second kappa shape index (κ2) is 25.8. The van der Waals surface area contributed by atoms with Crippen molar-refractivity contribution in [3.63, 3.8) is 0 Å². The maximum atomic E-state index is 5.63. The summed E-state index contributed by atoms with van der Waals surface area (Å²) in [5.74, 6) is 3.13. The molecule has 3 rings (SSSR count). The first-order chi connectivity index (χ1) is 26.7. The van der Waals surface area contributed by atoms with E-state index >= 15 is 0 Å². The van der Waals surface area contributed by atoms with Crippen molar-refractivity contribution in [1.29, 1.82) is 0 Å². The minimum absolute atomic E-state index is 0.516. The van der Waals surface area contributed by atoms with Gasteiger partial charge in [-0.15, -0.1) is 0 Å². The normalized spacial score (nSPS) is 15.8. The van der Waals surface area contributed by atoms with Gasteiger partial charge in [0.2, 0.25) is 17.9 Å². The van der Waals surface area contributed by atoms with Crippen LogP contribution >= 0.6 is 21.2 Å². The second-order valence-electron chi connectivity index (χ2n) is 16.1. The van der Waals surface area contributed by atoms with E-state index in [1.807, 2.05) is 4.90 Å². The van der Waals surface area contributed by atoms with Crippen LogP contribution < -0.4 is 0 Å². The topological polar surface area (TPSA) is 114 Å². The molecule has 0 aliphatic carbocycles. The molecular weight excluding hydrogens is 737 g/mol. The fourth-order valence-corrected chi connectivity index (χ4v) is 19.9. The standard InChI is InChI=1S/C42H81N10P3/c1-10-19-28-53(29-20-11-2,30-21-12-3)49-37-43-40-45-38(50-54(31-22-13-4,32-23-14-5)33-24-15-6)47-42-48-39(46-41(44-37)52(40)42)51-55(34-25-16-7,35-26-17-8)36-27-18-9/h10-36H2,1-9H3. The van der Waals surface area contributed by atoms with Crippen molar-refractivity contribution in [1.82, 2.24) is 4.90 Å². The molecule has 0 aromatic carbocycles. The third-order valence-electron chi connectivity index (χ3n) is 11.1. The van der Waals surface area contributed by atoms with Crippen LogP contribution in [0.5, 0.6) is 0 Å². The quantitative estimate of drug-likeness (QED) is 0.0755. The molecule has 0 amide bonds. The Labute approximate surface area is 338 Å². The first kappa shape index (κ1) is 47.9. The molecule has 314 valence electrons. The Morgan fingerprint density at radius 1 is 0.309 bits per heavy atom. The monoisotopic (exact) mass is 819 g/mol. The SMILES string of the molecule is CCCCP(CCCC)(CCCC)=NC1=NC2=NC(N=P(CCCC)(CCCC)CCCC)=NC3=NC(N=P(CCCC)(CCCC)CCCC)=NC(=N1)N23. The fraction of sp³-hybridized carbons (Fsp3) is 0.857. The maximum absolute atomic E-state index is 5.63. The van der Waals surface area contributed by atoms with Crippen LogP contribution in [0.2, 0.25) is 0 Å². The number of guanidine groups is 6. The van der Waals surface area contributed by atoms with Crippen molar-refractivity contribution in [2.45, 2.75) is 178 Å². The highest BCUT2D eigenvalue weighted by Crippen LogP contribution is 2.55. The summed E-state index contributed by atoms with van der Waals surface area (Å²) in [4.78, 5) is 32.7. The van der Waals surface area contributed by atoms with Crippen molar-refractivity contribution in [3.05, 3.63) is 0 Å². The van der Waals surface area contributed by atoms with Crippen LogP contribution in [0, 0.1) is 0 Å². The minimum Gasteiger partial charge on any atom is -0.231 e. The Bertz CT molecular complexity index is 1290. The van der Waals surface area contributed by atoms with E-state index in [0.29, 0.717) is 35.8 Å². The van der Waals surface area contributed by atoms with Crippen molar-refractivity contribution in [2.24, 2.45) is 44.2 Å². The summed E-state index contributed by atoms with van der Waals surface area (Å²) >= 11 is 0. The van der Waals surface area contributed by atoms with Crippen molar-refractivity contribution >= 4 is 56.9 Å². The zero-order chi connectivity index (χ0) is 40.0. The molecular formula is C42H81N10P3. The van der Waals surface area contributed by atoms with E-state index < -0.39 is 21.2 Å². The lowest BCUT2D eigenvalue weighted by molar-refractivity contribution is 0.821. The molecule has 3 aliphatic rings. The summed E-state index contributed by atoms with van der Waals surface area (Å²) in [6, 6.07) is 0. The Morgan fingerprint density at radius 2 is 0.491 bits per heavy atom. The van der Waals surface area contributed by atoms with Crippen molar-refractivity contribution in [2.75, 3.05) is 55.5 Å². The van der Waals surface area contributed by atoms with E-state index in [0.717, 1.165) is 55.5 Å². The van der Waals surface area contributed by atoms with Gasteiger partial charge in [-0.25, -0.2) is 19.1 Å². The van der Waals surface area contributed by atoms with Gasteiger partial charge in [0.15, 0.2) is 0 Å². The Kier molecular flexibility index (Phi) is 22.4. The smallest absolute Gasteiger partial charge is 0.231 e. The average Bonchev–Trinajstić information content (AvgIpc) is 3.19. The molecule has 0 aromatic heterocycles. The largest absolute Gasteiger partial charge is 0.254 e. The minimum atomic E-state index is -1.70. The summed E-state index contributed by atoms with van der Waals surface area (Å²) in [6.45, 7) is 20.6. The Morgan fingerprint density at radius 3 is 0.655 bits per heavy atom. The highest BCUT2D eigenvalue weighted by atomic mass is 31.2. The summed E-state index contributed by atoms with van der Waals surface area (Å²) in [6.07, 6.45) is 31.6. The first-order valence-electron chi connectivity index (χ1n) is 22.8. The molecule has 0 N–H and O–H groups in total. The summed E-state index contributed by atoms with van der Waals surface area (Å²) in [7, 11) is -5.10. The lowest BCUT2D eigenvalue weighted by atomic mass is 10.4. The van der Waals surface area contributed by atoms with Crippen LogP contribution in [0.15, 0.2) is 44.2 Å². The van der Waals surface area contributed by atoms with Gasteiger partial charge in [0, 0.05) is 0 Å². The Hall–Kier alpha value is -1.49. The molecule has 0 bridgehead atoms. The van der Waals surface area contributed by atoms with Gasteiger partial charge in [0.25, 0.3) is 17.9 Å². The van der Waals surface area contributed by atoms with Crippen LogP contribution in [0.25, 0.3) is 0 Å². The Balaban J connectivity index is 2.39. The van der Waals surface area contributed by atoms with Crippen molar-refractivity contribution < 1.29 is 0 Å². The summed E-state index contributed by atoms with van der Waals surface area (Å²) < 4.78 is 16.9. The number of rotatable bonds is 27. The highest BCUT2D eigenvalue weighted by Gasteiger charge is 2.37. The number of nitrogens with zero attached hydrogens (tertiary/aromatic N) is 10. The van der Waals surface area contributed by atoms with Gasteiger partial charge >= 0.3 is 0 Å². The van der Waals surface area contributed by atoms with Gasteiger partial charge in [-0.3, -0.25) is 0 Å². The predicted octanol–water partition coefficient (Wildman–Crippen LogP) is 14.3. The molecule has 13 heteroatoms. The van der Waals surface area contributed by atoms with Gasteiger partial charge in [0.1, 0.15) is 0 Å². The number of aliphatic imine (C=N–C) groups is 6. The van der Waals surface area contributed by atoms with Crippen LogP contribution in [0.1, 0.15) is 178 Å². The molecule has 0 fully saturated rings. The van der Waals surface area contributed by atoms with Gasteiger partial charge in [-0.2, -0.15) is 30.0 Å². The summed E-state index contributed by atoms with van der Waals surface area (Å²) in [5.41, 5.74) is 0. The zero-order valence-corrected chi connectivity index (χ0v) is 39.6. The maximum Gasteiger partial charge on any atom is 0.254 e. The molecule has 0 radical (unpaired) electrons. The third kappa shape index (κ3) is 15.0. The van der Waals surface area contributed by atoms with E-state index in [9.17, 15) is 0 Å².